The second-order valence-corrected chi connectivity index (χ2v) is 6.06. The van der Waals surface area contributed by atoms with Crippen LogP contribution in [0.2, 0.25) is 0 Å². The Bertz CT molecular complexity index is 1100. The van der Waals surface area contributed by atoms with Crippen LogP contribution in [0, 0.1) is 6.92 Å². The molecule has 4 aromatic rings. The summed E-state index contributed by atoms with van der Waals surface area (Å²) in [6.45, 7) is 2.06. The fourth-order valence-electron chi connectivity index (χ4n) is 3.03. The zero-order chi connectivity index (χ0) is 17.4. The molecule has 0 bridgehead atoms. The maximum absolute atomic E-state index is 11.8. The number of hydrogen-bond acceptors (Lipinski definition) is 3. The molecule has 122 valence electrons. The number of anilines is 2. The third-order valence-corrected chi connectivity index (χ3v) is 4.30. The van der Waals surface area contributed by atoms with E-state index in [4.69, 9.17) is 5.73 Å². The number of fused-ring (bicyclic) bond motifs is 2. The second kappa shape index (κ2) is 5.91. The Morgan fingerprint density at radius 3 is 2.40 bits per heavy atom. The molecule has 0 saturated heterocycles. The van der Waals surface area contributed by atoms with Crippen LogP contribution in [-0.4, -0.2) is 10.9 Å². The molecule has 3 N–H and O–H groups in total. The maximum atomic E-state index is 11.8. The average Bonchev–Trinajstić information content (AvgIpc) is 2.62. The van der Waals surface area contributed by atoms with Gasteiger partial charge in [-0.05, 0) is 31.2 Å². The molecule has 25 heavy (non-hydrogen) atoms. The van der Waals surface area contributed by atoms with Crippen LogP contribution in [0.5, 0.6) is 0 Å². The highest BCUT2D eigenvalue weighted by atomic mass is 16.1. The standard InChI is InChI=1S/C21H17N3O/c1-13-9-11-14(12-10-13)23-19-15-5-2-3-8-18(15)24-20-16(19)6-4-7-17(20)21(22)25/h2-12H,1H3,(H2,22,25)(H,23,24). The molecule has 1 amide bonds. The first-order valence-corrected chi connectivity index (χ1v) is 8.08. The van der Waals surface area contributed by atoms with Gasteiger partial charge in [-0.3, -0.25) is 4.79 Å². The average molecular weight is 327 g/mol. The first-order chi connectivity index (χ1) is 12.1. The van der Waals surface area contributed by atoms with Gasteiger partial charge in [-0.1, -0.05) is 48.0 Å². The molecule has 0 spiro atoms. The van der Waals surface area contributed by atoms with Crippen molar-refractivity contribution in [1.29, 1.82) is 0 Å². The summed E-state index contributed by atoms with van der Waals surface area (Å²) in [6, 6.07) is 21.6. The van der Waals surface area contributed by atoms with Gasteiger partial charge in [0.25, 0.3) is 5.91 Å². The predicted molar refractivity (Wildman–Crippen MR) is 102 cm³/mol. The molecular weight excluding hydrogens is 310 g/mol. The van der Waals surface area contributed by atoms with Crippen molar-refractivity contribution in [2.24, 2.45) is 5.73 Å². The molecule has 3 aromatic carbocycles. The first kappa shape index (κ1) is 15.1. The molecule has 4 heteroatoms. The van der Waals surface area contributed by atoms with E-state index in [1.807, 2.05) is 48.5 Å². The quantitative estimate of drug-likeness (QED) is 0.543. The summed E-state index contributed by atoms with van der Waals surface area (Å²) in [5, 5.41) is 5.36. The van der Waals surface area contributed by atoms with E-state index >= 15 is 0 Å². The minimum Gasteiger partial charge on any atom is -0.366 e. The summed E-state index contributed by atoms with van der Waals surface area (Å²) in [7, 11) is 0. The lowest BCUT2D eigenvalue weighted by atomic mass is 10.0. The Hall–Kier alpha value is -3.40. The highest BCUT2D eigenvalue weighted by Crippen LogP contribution is 2.34. The third-order valence-electron chi connectivity index (χ3n) is 4.30. The monoisotopic (exact) mass is 327 g/mol. The maximum Gasteiger partial charge on any atom is 0.250 e. The fraction of sp³-hybridized carbons (Fsp3) is 0.0476. The van der Waals surface area contributed by atoms with Crippen LogP contribution in [-0.2, 0) is 0 Å². The van der Waals surface area contributed by atoms with Gasteiger partial charge in [-0.2, -0.15) is 0 Å². The minimum absolute atomic E-state index is 0.426. The number of nitrogens with two attached hydrogens (primary N) is 1. The van der Waals surface area contributed by atoms with Gasteiger partial charge in [0, 0.05) is 16.5 Å². The fourth-order valence-corrected chi connectivity index (χ4v) is 3.03. The summed E-state index contributed by atoms with van der Waals surface area (Å²) < 4.78 is 0. The van der Waals surface area contributed by atoms with E-state index in [1.54, 1.807) is 6.07 Å². The van der Waals surface area contributed by atoms with Crippen molar-refractivity contribution in [3.8, 4) is 0 Å². The van der Waals surface area contributed by atoms with Crippen LogP contribution in [0.25, 0.3) is 21.8 Å². The largest absolute Gasteiger partial charge is 0.366 e. The topological polar surface area (TPSA) is 68.0 Å². The van der Waals surface area contributed by atoms with Crippen LogP contribution in [0.1, 0.15) is 15.9 Å². The molecule has 4 rings (SSSR count). The number of pyridine rings is 1. The van der Waals surface area contributed by atoms with Crippen LogP contribution in [0.15, 0.2) is 66.7 Å². The van der Waals surface area contributed by atoms with Gasteiger partial charge in [-0.15, -0.1) is 0 Å². The third kappa shape index (κ3) is 2.68. The molecule has 4 nitrogen and oxygen atoms in total. The lowest BCUT2D eigenvalue weighted by molar-refractivity contribution is 0.100. The summed E-state index contributed by atoms with van der Waals surface area (Å²) in [5.74, 6) is -0.477. The van der Waals surface area contributed by atoms with E-state index in [-0.39, 0.29) is 0 Å². The SMILES string of the molecule is Cc1ccc(Nc2c3ccccc3nc3c(C(N)=O)cccc23)cc1. The van der Waals surface area contributed by atoms with E-state index < -0.39 is 5.91 Å². The number of nitrogens with one attached hydrogen (secondary N) is 1. The van der Waals surface area contributed by atoms with E-state index in [0.717, 1.165) is 27.7 Å². The Balaban J connectivity index is 2.03. The highest BCUT2D eigenvalue weighted by Gasteiger charge is 2.14. The molecule has 0 saturated carbocycles. The lowest BCUT2D eigenvalue weighted by Gasteiger charge is -2.14. The number of benzene rings is 3. The van der Waals surface area contributed by atoms with Crippen LogP contribution in [0.3, 0.4) is 0 Å². The number of nitrogens with zero attached hydrogens (tertiary/aromatic N) is 1. The van der Waals surface area contributed by atoms with Gasteiger partial charge < -0.3 is 11.1 Å². The van der Waals surface area contributed by atoms with Crippen molar-refractivity contribution in [1.82, 2.24) is 4.98 Å². The Morgan fingerprint density at radius 1 is 0.920 bits per heavy atom. The van der Waals surface area contributed by atoms with Crippen LogP contribution < -0.4 is 11.1 Å². The number of rotatable bonds is 3. The van der Waals surface area contributed by atoms with Crippen molar-refractivity contribution >= 4 is 39.1 Å². The molecule has 0 fully saturated rings. The van der Waals surface area contributed by atoms with Gasteiger partial charge in [-0.25, -0.2) is 4.98 Å². The van der Waals surface area contributed by atoms with E-state index in [9.17, 15) is 4.79 Å². The van der Waals surface area contributed by atoms with Crippen LogP contribution in [0.4, 0.5) is 11.4 Å². The van der Waals surface area contributed by atoms with Gasteiger partial charge in [0.2, 0.25) is 0 Å². The molecule has 0 unspecified atom stereocenters. The summed E-state index contributed by atoms with van der Waals surface area (Å²) >= 11 is 0. The van der Waals surface area contributed by atoms with Crippen molar-refractivity contribution in [2.75, 3.05) is 5.32 Å². The molecular formula is C21H17N3O. The predicted octanol–water partition coefficient (Wildman–Crippen LogP) is 4.54. The Morgan fingerprint density at radius 2 is 1.64 bits per heavy atom. The van der Waals surface area contributed by atoms with E-state index in [0.29, 0.717) is 11.1 Å². The first-order valence-electron chi connectivity index (χ1n) is 8.08. The number of primary amides is 1. The number of carbonyl (C=O) groups excluding carboxylic acids is 1. The Labute approximate surface area is 145 Å². The summed E-state index contributed by atoms with van der Waals surface area (Å²) in [5.41, 5.74) is 10.5. The zero-order valence-corrected chi connectivity index (χ0v) is 13.8. The van der Waals surface area contributed by atoms with Gasteiger partial charge >= 0.3 is 0 Å². The number of amides is 1. The smallest absolute Gasteiger partial charge is 0.250 e. The van der Waals surface area contributed by atoms with Crippen molar-refractivity contribution in [3.05, 3.63) is 77.9 Å². The summed E-state index contributed by atoms with van der Waals surface area (Å²) in [6.07, 6.45) is 0. The number of para-hydroxylation sites is 2. The summed E-state index contributed by atoms with van der Waals surface area (Å²) in [4.78, 5) is 16.5. The molecule has 0 atom stereocenters. The van der Waals surface area contributed by atoms with E-state index in [1.165, 1.54) is 5.56 Å². The van der Waals surface area contributed by atoms with Crippen molar-refractivity contribution in [3.63, 3.8) is 0 Å². The van der Waals surface area contributed by atoms with Crippen molar-refractivity contribution in [2.45, 2.75) is 6.92 Å². The highest BCUT2D eigenvalue weighted by molar-refractivity contribution is 6.14. The number of aryl methyl sites for hydroxylation is 1. The molecule has 1 heterocycles. The second-order valence-electron chi connectivity index (χ2n) is 6.06. The molecule has 0 aliphatic heterocycles. The minimum atomic E-state index is -0.477. The number of aromatic nitrogens is 1. The normalized spacial score (nSPS) is 10.9. The number of hydrogen-bond donors (Lipinski definition) is 2. The van der Waals surface area contributed by atoms with Gasteiger partial charge in [0.1, 0.15) is 0 Å². The lowest BCUT2D eigenvalue weighted by Crippen LogP contribution is -2.12. The Kier molecular flexibility index (Phi) is 3.58. The van der Waals surface area contributed by atoms with E-state index in [2.05, 4.69) is 29.4 Å². The van der Waals surface area contributed by atoms with Gasteiger partial charge in [0.15, 0.2) is 0 Å². The molecule has 0 aliphatic rings. The molecule has 0 aliphatic carbocycles. The van der Waals surface area contributed by atoms with Crippen molar-refractivity contribution < 1.29 is 4.79 Å². The molecule has 1 aromatic heterocycles. The molecule has 0 radical (unpaired) electrons. The van der Waals surface area contributed by atoms with Gasteiger partial charge in [0.05, 0.1) is 22.3 Å². The van der Waals surface area contributed by atoms with Crippen LogP contribution >= 0.6 is 0 Å². The number of carbonyl (C=O) groups is 1. The zero-order valence-electron chi connectivity index (χ0n) is 13.8.